The van der Waals surface area contributed by atoms with Crippen molar-refractivity contribution >= 4 is 38.9 Å². The van der Waals surface area contributed by atoms with Gasteiger partial charge in [0.05, 0.1) is 10.6 Å². The minimum Gasteiger partial charge on any atom is -0.322 e. The Morgan fingerprint density at radius 3 is 2.17 bits per heavy atom. The summed E-state index contributed by atoms with van der Waals surface area (Å²) in [6.45, 7) is 5.56. The SMILES string of the molecule is Cc1ccc(S(=O)(=O)N(C)c2ccc(C(=O)Nc3ccc(C)c(Cl)c3)cc2C)cc1. The molecular formula is C23H23ClN2O3S. The van der Waals surface area contributed by atoms with Crippen LogP contribution in [0.25, 0.3) is 0 Å². The van der Waals surface area contributed by atoms with E-state index in [0.29, 0.717) is 27.5 Å². The lowest BCUT2D eigenvalue weighted by Crippen LogP contribution is -2.27. The molecule has 0 aliphatic heterocycles. The van der Waals surface area contributed by atoms with E-state index in [-0.39, 0.29) is 10.8 Å². The fourth-order valence-electron chi connectivity index (χ4n) is 3.02. The largest absolute Gasteiger partial charge is 0.322 e. The topological polar surface area (TPSA) is 66.5 Å². The molecule has 3 aromatic rings. The molecular weight excluding hydrogens is 420 g/mol. The molecule has 0 heterocycles. The summed E-state index contributed by atoms with van der Waals surface area (Å²) in [6.07, 6.45) is 0. The van der Waals surface area contributed by atoms with Crippen LogP contribution in [0.2, 0.25) is 5.02 Å². The number of halogens is 1. The number of carbonyl (C=O) groups excluding carboxylic acids is 1. The molecule has 0 saturated heterocycles. The highest BCUT2D eigenvalue weighted by atomic mass is 35.5. The van der Waals surface area contributed by atoms with Gasteiger partial charge < -0.3 is 5.32 Å². The minimum atomic E-state index is -3.70. The van der Waals surface area contributed by atoms with Gasteiger partial charge in [0, 0.05) is 23.3 Å². The van der Waals surface area contributed by atoms with Gasteiger partial charge in [-0.05, 0) is 74.4 Å². The summed E-state index contributed by atoms with van der Waals surface area (Å²) in [5, 5.41) is 3.38. The van der Waals surface area contributed by atoms with Gasteiger partial charge in [0.2, 0.25) is 0 Å². The molecule has 0 bridgehead atoms. The van der Waals surface area contributed by atoms with E-state index < -0.39 is 10.0 Å². The molecule has 0 spiro atoms. The Hall–Kier alpha value is -2.83. The molecule has 0 fully saturated rings. The Bertz CT molecular complexity index is 1210. The zero-order valence-corrected chi connectivity index (χ0v) is 18.8. The Kier molecular flexibility index (Phi) is 6.19. The molecule has 0 atom stereocenters. The van der Waals surface area contributed by atoms with Gasteiger partial charge in [-0.1, -0.05) is 35.4 Å². The van der Waals surface area contributed by atoms with Crippen LogP contribution in [0.3, 0.4) is 0 Å². The lowest BCUT2D eigenvalue weighted by molar-refractivity contribution is 0.102. The van der Waals surface area contributed by atoms with Crippen molar-refractivity contribution in [3.05, 3.63) is 87.9 Å². The van der Waals surface area contributed by atoms with Crippen molar-refractivity contribution in [3.63, 3.8) is 0 Å². The van der Waals surface area contributed by atoms with Crippen molar-refractivity contribution in [2.45, 2.75) is 25.7 Å². The smallest absolute Gasteiger partial charge is 0.264 e. The van der Waals surface area contributed by atoms with E-state index in [0.717, 1.165) is 11.1 Å². The van der Waals surface area contributed by atoms with Crippen LogP contribution in [-0.2, 0) is 10.0 Å². The molecule has 0 aliphatic carbocycles. The van der Waals surface area contributed by atoms with Crippen LogP contribution in [0.15, 0.2) is 65.6 Å². The summed E-state index contributed by atoms with van der Waals surface area (Å²) in [6, 6.07) is 16.9. The number of benzene rings is 3. The van der Waals surface area contributed by atoms with Crippen LogP contribution in [0, 0.1) is 20.8 Å². The number of hydrogen-bond donors (Lipinski definition) is 1. The highest BCUT2D eigenvalue weighted by Crippen LogP contribution is 2.27. The maximum atomic E-state index is 12.9. The number of nitrogens with zero attached hydrogens (tertiary/aromatic N) is 1. The Labute approximate surface area is 182 Å². The van der Waals surface area contributed by atoms with Crippen LogP contribution in [-0.4, -0.2) is 21.4 Å². The van der Waals surface area contributed by atoms with Crippen LogP contribution >= 0.6 is 11.6 Å². The standard InChI is InChI=1S/C23H23ClN2O3S/c1-15-5-10-20(11-6-15)30(28,29)26(4)22-12-8-18(13-17(22)3)23(27)25-19-9-7-16(2)21(24)14-19/h5-14H,1-4H3,(H,25,27). The van der Waals surface area contributed by atoms with Gasteiger partial charge >= 0.3 is 0 Å². The van der Waals surface area contributed by atoms with Gasteiger partial charge in [-0.3, -0.25) is 9.10 Å². The van der Waals surface area contributed by atoms with Gasteiger partial charge in [-0.2, -0.15) is 0 Å². The van der Waals surface area contributed by atoms with Gasteiger partial charge in [-0.15, -0.1) is 0 Å². The molecule has 0 unspecified atom stereocenters. The summed E-state index contributed by atoms with van der Waals surface area (Å²) < 4.78 is 27.1. The van der Waals surface area contributed by atoms with Gasteiger partial charge in [0.15, 0.2) is 0 Å². The number of aryl methyl sites for hydroxylation is 3. The molecule has 0 aliphatic rings. The zero-order chi connectivity index (χ0) is 22.1. The van der Waals surface area contributed by atoms with E-state index >= 15 is 0 Å². The number of nitrogens with one attached hydrogen (secondary N) is 1. The van der Waals surface area contributed by atoms with Crippen LogP contribution in [0.4, 0.5) is 11.4 Å². The lowest BCUT2D eigenvalue weighted by Gasteiger charge is -2.22. The summed E-state index contributed by atoms with van der Waals surface area (Å²) in [4.78, 5) is 12.8. The summed E-state index contributed by atoms with van der Waals surface area (Å²) in [5.41, 5.74) is 4.10. The first-order valence-corrected chi connectivity index (χ1v) is 11.1. The maximum absolute atomic E-state index is 12.9. The normalized spacial score (nSPS) is 11.2. The van der Waals surface area contributed by atoms with Gasteiger partial charge in [0.1, 0.15) is 0 Å². The van der Waals surface area contributed by atoms with Crippen LogP contribution < -0.4 is 9.62 Å². The summed E-state index contributed by atoms with van der Waals surface area (Å²) >= 11 is 6.11. The van der Waals surface area contributed by atoms with Crippen molar-refractivity contribution in [1.82, 2.24) is 0 Å². The van der Waals surface area contributed by atoms with E-state index in [1.807, 2.05) is 19.9 Å². The van der Waals surface area contributed by atoms with Gasteiger partial charge in [0.25, 0.3) is 15.9 Å². The van der Waals surface area contributed by atoms with Crippen LogP contribution in [0.1, 0.15) is 27.0 Å². The molecule has 0 aromatic heterocycles. The van der Waals surface area contributed by atoms with Crippen LogP contribution in [0.5, 0.6) is 0 Å². The second-order valence-corrected chi connectivity index (χ2v) is 9.58. The number of hydrogen-bond acceptors (Lipinski definition) is 3. The Morgan fingerprint density at radius 2 is 1.57 bits per heavy atom. The third kappa shape index (κ3) is 4.50. The molecule has 156 valence electrons. The van der Waals surface area contributed by atoms with E-state index in [9.17, 15) is 13.2 Å². The number of amides is 1. The predicted molar refractivity (Wildman–Crippen MR) is 122 cm³/mol. The third-order valence-corrected chi connectivity index (χ3v) is 7.10. The van der Waals surface area contributed by atoms with Gasteiger partial charge in [-0.25, -0.2) is 8.42 Å². The van der Waals surface area contributed by atoms with Crippen molar-refractivity contribution in [1.29, 1.82) is 0 Å². The highest BCUT2D eigenvalue weighted by Gasteiger charge is 2.23. The molecule has 7 heteroatoms. The van der Waals surface area contributed by atoms with Crippen molar-refractivity contribution in [3.8, 4) is 0 Å². The fraction of sp³-hybridized carbons (Fsp3) is 0.174. The van der Waals surface area contributed by atoms with E-state index in [2.05, 4.69) is 5.32 Å². The molecule has 5 nitrogen and oxygen atoms in total. The fourth-order valence-corrected chi connectivity index (χ4v) is 4.46. The predicted octanol–water partition coefficient (Wildman–Crippen LogP) is 5.34. The first-order valence-electron chi connectivity index (χ1n) is 9.33. The third-order valence-electron chi connectivity index (χ3n) is 4.91. The molecule has 30 heavy (non-hydrogen) atoms. The lowest BCUT2D eigenvalue weighted by atomic mass is 10.1. The van der Waals surface area contributed by atoms with Crippen molar-refractivity contribution in [2.24, 2.45) is 0 Å². The first kappa shape index (κ1) is 21.9. The average molecular weight is 443 g/mol. The molecule has 0 radical (unpaired) electrons. The molecule has 0 saturated carbocycles. The van der Waals surface area contributed by atoms with Crippen molar-refractivity contribution < 1.29 is 13.2 Å². The van der Waals surface area contributed by atoms with E-state index in [4.69, 9.17) is 11.6 Å². The number of sulfonamides is 1. The van der Waals surface area contributed by atoms with E-state index in [1.54, 1.807) is 61.5 Å². The Morgan fingerprint density at radius 1 is 0.900 bits per heavy atom. The minimum absolute atomic E-state index is 0.216. The molecule has 3 rings (SSSR count). The zero-order valence-electron chi connectivity index (χ0n) is 17.2. The van der Waals surface area contributed by atoms with Crippen molar-refractivity contribution in [2.75, 3.05) is 16.7 Å². The number of carbonyl (C=O) groups is 1. The number of anilines is 2. The monoisotopic (exact) mass is 442 g/mol. The summed E-state index contributed by atoms with van der Waals surface area (Å²) in [7, 11) is -2.20. The molecule has 1 amide bonds. The molecule has 3 aromatic carbocycles. The second kappa shape index (κ2) is 8.50. The first-order chi connectivity index (χ1) is 14.1. The highest BCUT2D eigenvalue weighted by molar-refractivity contribution is 7.92. The summed E-state index contributed by atoms with van der Waals surface area (Å²) in [5.74, 6) is -0.298. The quantitative estimate of drug-likeness (QED) is 0.579. The molecule has 1 N–H and O–H groups in total. The second-order valence-electron chi connectivity index (χ2n) is 7.20. The Balaban J connectivity index is 1.84. The maximum Gasteiger partial charge on any atom is 0.264 e. The van der Waals surface area contributed by atoms with E-state index in [1.165, 1.54) is 11.4 Å². The average Bonchev–Trinajstić information content (AvgIpc) is 2.70. The number of rotatable bonds is 5.